The highest BCUT2D eigenvalue weighted by Gasteiger charge is 2.11. The molecule has 1 aromatic carbocycles. The number of carbonyl (C=O) groups excluding carboxylic acids is 1. The van der Waals surface area contributed by atoms with Gasteiger partial charge in [-0.3, -0.25) is 4.79 Å². The van der Waals surface area contributed by atoms with Crippen LogP contribution in [0.25, 0.3) is 0 Å². The third-order valence-electron chi connectivity index (χ3n) is 3.11. The molecular weight excluding hydrogens is 252 g/mol. The zero-order chi connectivity index (χ0) is 15.2. The number of benzene rings is 1. The van der Waals surface area contributed by atoms with Crippen molar-refractivity contribution >= 4 is 12.2 Å². The number of rotatable bonds is 3. The highest BCUT2D eigenvalue weighted by Crippen LogP contribution is 2.25. The van der Waals surface area contributed by atoms with Crippen LogP contribution in [-0.4, -0.2) is 18.6 Å². The molecule has 20 heavy (non-hydrogen) atoms. The quantitative estimate of drug-likeness (QED) is 0.834. The van der Waals surface area contributed by atoms with Crippen LogP contribution in [-0.2, 0) is 16.0 Å². The molecule has 0 radical (unpaired) electrons. The second-order valence-electron chi connectivity index (χ2n) is 5.93. The van der Waals surface area contributed by atoms with Crippen LogP contribution >= 0.6 is 0 Å². The Kier molecular flexibility index (Phi) is 6.02. The van der Waals surface area contributed by atoms with E-state index in [0.29, 0.717) is 6.47 Å². The van der Waals surface area contributed by atoms with Gasteiger partial charge in [0.2, 0.25) is 0 Å². The van der Waals surface area contributed by atoms with Gasteiger partial charge < -0.3 is 15.8 Å². The maximum absolute atomic E-state index is 9.60. The normalized spacial score (nSPS) is 14.4. The monoisotopic (exact) mass is 278 g/mol. The first-order chi connectivity index (χ1) is 9.37. The summed E-state index contributed by atoms with van der Waals surface area (Å²) < 4.78 is 4.55. The van der Waals surface area contributed by atoms with Gasteiger partial charge in [-0.25, -0.2) is 0 Å². The van der Waals surface area contributed by atoms with Gasteiger partial charge in [0.15, 0.2) is 0 Å². The first-order valence-corrected chi connectivity index (χ1v) is 7.11. The Hall–Kier alpha value is -1.55. The highest BCUT2D eigenvalue weighted by molar-refractivity contribution is 5.56. The molecule has 1 unspecified atom stereocenters. The molecule has 0 saturated heterocycles. The molecule has 1 atom stereocenters. The summed E-state index contributed by atoms with van der Waals surface area (Å²) in [6.07, 6.45) is 2.14. The zero-order valence-corrected chi connectivity index (χ0v) is 12.9. The molecule has 0 spiro atoms. The fourth-order valence-corrected chi connectivity index (χ4v) is 1.94. The van der Waals surface area contributed by atoms with Gasteiger partial charge in [-0.15, -0.1) is 0 Å². The average Bonchev–Trinajstić information content (AvgIpc) is 2.84. The Morgan fingerprint density at radius 2 is 2.15 bits per heavy atom. The van der Waals surface area contributed by atoms with Crippen molar-refractivity contribution in [3.63, 3.8) is 0 Å². The van der Waals surface area contributed by atoms with Crippen LogP contribution in [0.5, 0.6) is 0 Å². The third kappa shape index (κ3) is 5.21. The lowest BCUT2D eigenvalue weighted by atomic mass is 10.0. The number of nitrogens with one attached hydrogen (secondary N) is 1. The zero-order valence-electron chi connectivity index (χ0n) is 12.9. The van der Waals surface area contributed by atoms with E-state index in [4.69, 9.17) is 5.73 Å². The molecule has 0 saturated carbocycles. The molecule has 1 aliphatic heterocycles. The number of hydrogen-bond donors (Lipinski definition) is 2. The molecule has 3 N–H and O–H groups in total. The van der Waals surface area contributed by atoms with Crippen LogP contribution < -0.4 is 11.1 Å². The number of anilines is 1. The van der Waals surface area contributed by atoms with Crippen molar-refractivity contribution in [1.29, 1.82) is 0 Å². The molecule has 1 heterocycles. The predicted molar refractivity (Wildman–Crippen MR) is 82.8 cm³/mol. The summed E-state index contributed by atoms with van der Waals surface area (Å²) in [4.78, 5) is 9.60. The van der Waals surface area contributed by atoms with E-state index in [0.717, 1.165) is 19.4 Å². The molecule has 0 bridgehead atoms. The van der Waals surface area contributed by atoms with Crippen LogP contribution in [0.3, 0.4) is 0 Å². The van der Waals surface area contributed by atoms with E-state index in [1.54, 1.807) is 0 Å². The average molecular weight is 278 g/mol. The summed E-state index contributed by atoms with van der Waals surface area (Å²) in [5.41, 5.74) is 9.62. The van der Waals surface area contributed by atoms with Crippen molar-refractivity contribution in [1.82, 2.24) is 0 Å². The first-order valence-electron chi connectivity index (χ1n) is 7.11. The van der Waals surface area contributed by atoms with Crippen LogP contribution in [0.4, 0.5) is 5.69 Å². The number of ether oxygens (including phenoxy) is 1. The van der Waals surface area contributed by atoms with Gasteiger partial charge in [-0.05, 0) is 50.8 Å². The van der Waals surface area contributed by atoms with E-state index in [1.807, 2.05) is 20.8 Å². The molecule has 112 valence electrons. The number of hydrogen-bond acceptors (Lipinski definition) is 4. The summed E-state index contributed by atoms with van der Waals surface area (Å²) in [5.74, 6) is 0. The Labute approximate surface area is 121 Å². The predicted octanol–water partition coefficient (Wildman–Crippen LogP) is 3.02. The summed E-state index contributed by atoms with van der Waals surface area (Å²) >= 11 is 0. The fourth-order valence-electron chi connectivity index (χ4n) is 1.94. The van der Waals surface area contributed by atoms with Crippen LogP contribution in [0, 0.1) is 0 Å². The maximum Gasteiger partial charge on any atom is 0.293 e. The molecule has 0 fully saturated rings. The molecule has 0 aromatic heterocycles. The lowest BCUT2D eigenvalue weighted by Gasteiger charge is -2.14. The lowest BCUT2D eigenvalue weighted by Crippen LogP contribution is -2.17. The molecule has 2 rings (SSSR count). The van der Waals surface area contributed by atoms with Gasteiger partial charge in [0.1, 0.15) is 5.60 Å². The second kappa shape index (κ2) is 7.29. The van der Waals surface area contributed by atoms with Crippen LogP contribution in [0.2, 0.25) is 0 Å². The Balaban J connectivity index is 0.000000246. The van der Waals surface area contributed by atoms with Crippen molar-refractivity contribution < 1.29 is 9.53 Å². The molecule has 1 aliphatic rings. The topological polar surface area (TPSA) is 64.3 Å². The Bertz CT molecular complexity index is 439. The molecular formula is C16H26N2O2. The van der Waals surface area contributed by atoms with Gasteiger partial charge in [0.25, 0.3) is 6.47 Å². The number of carbonyl (C=O) groups is 1. The van der Waals surface area contributed by atoms with Crippen molar-refractivity contribution in [2.75, 3.05) is 11.9 Å². The Morgan fingerprint density at radius 3 is 2.65 bits per heavy atom. The molecule has 1 aromatic rings. The van der Waals surface area contributed by atoms with E-state index in [1.165, 1.54) is 16.8 Å². The van der Waals surface area contributed by atoms with Gasteiger partial charge in [0.05, 0.1) is 0 Å². The molecule has 4 nitrogen and oxygen atoms in total. The summed E-state index contributed by atoms with van der Waals surface area (Å²) in [6.45, 7) is 9.11. The van der Waals surface area contributed by atoms with E-state index in [-0.39, 0.29) is 11.6 Å². The van der Waals surface area contributed by atoms with Gasteiger partial charge in [-0.1, -0.05) is 19.1 Å². The van der Waals surface area contributed by atoms with E-state index < -0.39 is 0 Å². The number of nitrogens with two attached hydrogens (primary N) is 1. The van der Waals surface area contributed by atoms with Crippen molar-refractivity contribution in [3.05, 3.63) is 29.3 Å². The SMILES string of the molecule is CC(C)(C)OC=O.CCC(N)c1ccc2c(c1)CCN2. The van der Waals surface area contributed by atoms with Gasteiger partial charge in [-0.2, -0.15) is 0 Å². The summed E-state index contributed by atoms with van der Waals surface area (Å²) in [6, 6.07) is 6.72. The van der Waals surface area contributed by atoms with Crippen molar-refractivity contribution in [2.45, 2.75) is 52.2 Å². The first kappa shape index (κ1) is 16.5. The van der Waals surface area contributed by atoms with Crippen LogP contribution in [0.1, 0.15) is 51.3 Å². The molecule has 0 aliphatic carbocycles. The minimum atomic E-state index is -0.318. The van der Waals surface area contributed by atoms with E-state index in [2.05, 4.69) is 35.2 Å². The molecule has 0 amide bonds. The largest absolute Gasteiger partial charge is 0.462 e. The molecule has 4 heteroatoms. The highest BCUT2D eigenvalue weighted by atomic mass is 16.5. The fraction of sp³-hybridized carbons (Fsp3) is 0.562. The van der Waals surface area contributed by atoms with E-state index >= 15 is 0 Å². The summed E-state index contributed by atoms with van der Waals surface area (Å²) in [7, 11) is 0. The van der Waals surface area contributed by atoms with Crippen molar-refractivity contribution in [2.24, 2.45) is 5.73 Å². The van der Waals surface area contributed by atoms with Gasteiger partial charge >= 0.3 is 0 Å². The lowest BCUT2D eigenvalue weighted by molar-refractivity contribution is -0.138. The maximum atomic E-state index is 9.60. The second-order valence-corrected chi connectivity index (χ2v) is 5.93. The minimum absolute atomic E-state index is 0.200. The van der Waals surface area contributed by atoms with Crippen LogP contribution in [0.15, 0.2) is 18.2 Å². The third-order valence-corrected chi connectivity index (χ3v) is 3.11. The van der Waals surface area contributed by atoms with Crippen molar-refractivity contribution in [3.8, 4) is 0 Å². The number of fused-ring (bicyclic) bond motifs is 1. The van der Waals surface area contributed by atoms with Gasteiger partial charge in [0, 0.05) is 18.3 Å². The minimum Gasteiger partial charge on any atom is -0.462 e. The smallest absolute Gasteiger partial charge is 0.293 e. The summed E-state index contributed by atoms with van der Waals surface area (Å²) in [5, 5.41) is 3.34. The standard InChI is InChI=1S/C11H16N2.C5H10O2/c1-2-10(12)8-3-4-11-9(7-8)5-6-13-11;1-5(2,3)7-4-6/h3-4,7,10,13H,2,5-6,12H2,1H3;4H,1-3H3. The van der Waals surface area contributed by atoms with E-state index in [9.17, 15) is 4.79 Å². The Morgan fingerprint density at radius 1 is 1.45 bits per heavy atom.